The molecule has 3 aromatic rings. The summed E-state index contributed by atoms with van der Waals surface area (Å²) in [6, 6.07) is 13.2. The van der Waals surface area contributed by atoms with Crippen LogP contribution in [0.3, 0.4) is 0 Å². The van der Waals surface area contributed by atoms with Crippen LogP contribution in [0, 0.1) is 13.8 Å². The molecule has 0 radical (unpaired) electrons. The number of aromatic amines is 1. The van der Waals surface area contributed by atoms with E-state index in [1.807, 2.05) is 44.2 Å². The highest BCUT2D eigenvalue weighted by atomic mass is 16.1. The van der Waals surface area contributed by atoms with E-state index < -0.39 is 0 Å². The summed E-state index contributed by atoms with van der Waals surface area (Å²) in [5.74, 6) is 0.566. The molecule has 0 aliphatic rings. The first-order chi connectivity index (χ1) is 11.1. The van der Waals surface area contributed by atoms with Gasteiger partial charge in [-0.3, -0.25) is 4.79 Å². The number of imidazole rings is 1. The normalized spacial score (nSPS) is 10.5. The molecule has 6 nitrogen and oxygen atoms in total. The first kappa shape index (κ1) is 14.9. The predicted molar refractivity (Wildman–Crippen MR) is 86.7 cm³/mol. The van der Waals surface area contributed by atoms with E-state index in [-0.39, 0.29) is 11.6 Å². The summed E-state index contributed by atoms with van der Waals surface area (Å²) < 4.78 is 0. The number of carbonyl (C=O) groups excluding carboxylic acids is 1. The lowest BCUT2D eigenvalue weighted by Gasteiger charge is -2.04. The third kappa shape index (κ3) is 3.42. The van der Waals surface area contributed by atoms with Crippen molar-refractivity contribution in [3.05, 3.63) is 65.4 Å². The number of hydrogen-bond acceptors (Lipinski definition) is 4. The Hall–Kier alpha value is -3.02. The van der Waals surface area contributed by atoms with Crippen LogP contribution >= 0.6 is 0 Å². The van der Waals surface area contributed by atoms with E-state index in [2.05, 4.69) is 25.5 Å². The number of rotatable bonds is 4. The lowest BCUT2D eigenvalue weighted by atomic mass is 10.1. The zero-order valence-electron chi connectivity index (χ0n) is 13.0. The molecule has 0 unspecified atom stereocenters. The Labute approximate surface area is 134 Å². The minimum Gasteiger partial charge on any atom is -0.346 e. The van der Waals surface area contributed by atoms with Crippen LogP contribution < -0.4 is 5.32 Å². The maximum atomic E-state index is 12.1. The highest BCUT2D eigenvalue weighted by molar-refractivity contribution is 5.92. The molecule has 1 amide bonds. The molecule has 0 saturated heterocycles. The van der Waals surface area contributed by atoms with Gasteiger partial charge < -0.3 is 10.3 Å². The number of aromatic nitrogens is 4. The van der Waals surface area contributed by atoms with Crippen molar-refractivity contribution in [2.45, 2.75) is 20.4 Å². The number of carbonyl (C=O) groups is 1. The standard InChI is InChI=1S/C17H17N5O/c1-11-16(20-12(2)19-11)10-18-17(23)15-9-8-14(21-22-15)13-6-4-3-5-7-13/h3-9H,10H2,1-2H3,(H,18,23)(H,19,20). The van der Waals surface area contributed by atoms with Gasteiger partial charge in [-0.1, -0.05) is 30.3 Å². The molecule has 116 valence electrons. The number of amides is 1. The van der Waals surface area contributed by atoms with Gasteiger partial charge in [-0.25, -0.2) is 4.98 Å². The van der Waals surface area contributed by atoms with Crippen LogP contribution in [0.25, 0.3) is 11.3 Å². The van der Waals surface area contributed by atoms with Gasteiger partial charge >= 0.3 is 0 Å². The predicted octanol–water partition coefficient (Wildman–Crippen LogP) is 2.41. The van der Waals surface area contributed by atoms with E-state index in [0.29, 0.717) is 6.54 Å². The highest BCUT2D eigenvalue weighted by Crippen LogP contribution is 2.15. The van der Waals surface area contributed by atoms with Crippen molar-refractivity contribution in [3.8, 4) is 11.3 Å². The van der Waals surface area contributed by atoms with E-state index in [1.165, 1.54) is 0 Å². The molecule has 3 rings (SSSR count). The average molecular weight is 307 g/mol. The Morgan fingerprint density at radius 1 is 1.09 bits per heavy atom. The molecular formula is C17H17N5O. The van der Waals surface area contributed by atoms with Gasteiger partial charge in [-0.05, 0) is 26.0 Å². The average Bonchev–Trinajstić information content (AvgIpc) is 2.91. The van der Waals surface area contributed by atoms with Gasteiger partial charge in [0.2, 0.25) is 0 Å². The Bertz CT molecular complexity index is 809. The minimum atomic E-state index is -0.267. The van der Waals surface area contributed by atoms with E-state index in [4.69, 9.17) is 0 Å². The second kappa shape index (κ2) is 6.39. The molecule has 0 saturated carbocycles. The summed E-state index contributed by atoms with van der Waals surface area (Å²) in [5.41, 5.74) is 3.77. The summed E-state index contributed by atoms with van der Waals surface area (Å²) >= 11 is 0. The van der Waals surface area contributed by atoms with Gasteiger partial charge in [0, 0.05) is 11.3 Å². The molecule has 0 atom stereocenters. The van der Waals surface area contributed by atoms with E-state index in [9.17, 15) is 4.79 Å². The van der Waals surface area contributed by atoms with Crippen molar-refractivity contribution in [2.75, 3.05) is 0 Å². The maximum absolute atomic E-state index is 12.1. The lowest BCUT2D eigenvalue weighted by Crippen LogP contribution is -2.24. The molecule has 0 fully saturated rings. The number of H-pyrrole nitrogens is 1. The molecule has 1 aromatic carbocycles. The van der Waals surface area contributed by atoms with E-state index in [0.717, 1.165) is 28.5 Å². The summed E-state index contributed by atoms with van der Waals surface area (Å²) in [6.07, 6.45) is 0. The largest absolute Gasteiger partial charge is 0.346 e. The number of hydrogen-bond donors (Lipinski definition) is 2. The SMILES string of the molecule is Cc1nc(CNC(=O)c2ccc(-c3ccccc3)nn2)c(C)[nH]1. The smallest absolute Gasteiger partial charge is 0.272 e. The molecule has 2 aromatic heterocycles. The second-order valence-corrected chi connectivity index (χ2v) is 5.25. The quantitative estimate of drug-likeness (QED) is 0.775. The first-order valence-corrected chi connectivity index (χ1v) is 7.33. The Morgan fingerprint density at radius 2 is 1.87 bits per heavy atom. The zero-order chi connectivity index (χ0) is 16.2. The van der Waals surface area contributed by atoms with Gasteiger partial charge in [0.25, 0.3) is 5.91 Å². The fourth-order valence-electron chi connectivity index (χ4n) is 2.30. The number of nitrogens with one attached hydrogen (secondary N) is 2. The molecule has 0 aliphatic carbocycles. The third-order valence-electron chi connectivity index (χ3n) is 3.49. The fourth-order valence-corrected chi connectivity index (χ4v) is 2.30. The van der Waals surface area contributed by atoms with Crippen molar-refractivity contribution >= 4 is 5.91 Å². The summed E-state index contributed by atoms with van der Waals surface area (Å²) in [6.45, 7) is 4.17. The van der Waals surface area contributed by atoms with E-state index in [1.54, 1.807) is 12.1 Å². The second-order valence-electron chi connectivity index (χ2n) is 5.25. The summed E-state index contributed by atoms with van der Waals surface area (Å²) in [5, 5.41) is 10.9. The van der Waals surface area contributed by atoms with Crippen LogP contribution in [-0.4, -0.2) is 26.1 Å². The zero-order valence-corrected chi connectivity index (χ0v) is 13.0. The fraction of sp³-hybridized carbons (Fsp3) is 0.176. The van der Waals surface area contributed by atoms with Crippen molar-refractivity contribution in [1.29, 1.82) is 0 Å². The van der Waals surface area contributed by atoms with E-state index >= 15 is 0 Å². The summed E-state index contributed by atoms with van der Waals surface area (Å²) in [7, 11) is 0. The monoisotopic (exact) mass is 307 g/mol. The topological polar surface area (TPSA) is 83.6 Å². The van der Waals surface area contributed by atoms with Crippen LogP contribution in [0.2, 0.25) is 0 Å². The van der Waals surface area contributed by atoms with Gasteiger partial charge in [-0.2, -0.15) is 0 Å². The van der Waals surface area contributed by atoms with Crippen molar-refractivity contribution < 1.29 is 4.79 Å². The van der Waals surface area contributed by atoms with Gasteiger partial charge in [0.1, 0.15) is 5.82 Å². The molecule has 2 heterocycles. The third-order valence-corrected chi connectivity index (χ3v) is 3.49. The van der Waals surface area contributed by atoms with Crippen LogP contribution in [0.4, 0.5) is 0 Å². The van der Waals surface area contributed by atoms with Gasteiger partial charge in [0.05, 0.1) is 17.9 Å². The van der Waals surface area contributed by atoms with Crippen LogP contribution in [0.15, 0.2) is 42.5 Å². The van der Waals surface area contributed by atoms with Crippen LogP contribution in [-0.2, 0) is 6.54 Å². The van der Waals surface area contributed by atoms with Crippen molar-refractivity contribution in [1.82, 2.24) is 25.5 Å². The molecule has 2 N–H and O–H groups in total. The van der Waals surface area contributed by atoms with Crippen molar-refractivity contribution in [2.24, 2.45) is 0 Å². The van der Waals surface area contributed by atoms with Gasteiger partial charge in [-0.15, -0.1) is 10.2 Å². The molecule has 0 bridgehead atoms. The summed E-state index contributed by atoms with van der Waals surface area (Å²) in [4.78, 5) is 19.6. The molecule has 0 aliphatic heterocycles. The molecule has 6 heteroatoms. The molecule has 23 heavy (non-hydrogen) atoms. The number of aryl methyl sites for hydroxylation is 2. The Kier molecular flexibility index (Phi) is 4.14. The number of benzene rings is 1. The molecular weight excluding hydrogens is 290 g/mol. The number of nitrogens with zero attached hydrogens (tertiary/aromatic N) is 3. The highest BCUT2D eigenvalue weighted by Gasteiger charge is 2.11. The van der Waals surface area contributed by atoms with Crippen LogP contribution in [0.5, 0.6) is 0 Å². The Morgan fingerprint density at radius 3 is 2.48 bits per heavy atom. The lowest BCUT2D eigenvalue weighted by molar-refractivity contribution is 0.0944. The Balaban J connectivity index is 1.67. The minimum absolute atomic E-state index is 0.267. The van der Waals surface area contributed by atoms with Gasteiger partial charge in [0.15, 0.2) is 5.69 Å². The first-order valence-electron chi connectivity index (χ1n) is 7.33. The van der Waals surface area contributed by atoms with Crippen LogP contribution in [0.1, 0.15) is 27.7 Å². The van der Waals surface area contributed by atoms with Crippen molar-refractivity contribution in [3.63, 3.8) is 0 Å². The molecule has 0 spiro atoms. The maximum Gasteiger partial charge on any atom is 0.272 e.